The Labute approximate surface area is 111 Å². The first-order chi connectivity index (χ1) is 9.08. The fourth-order valence-corrected chi connectivity index (χ4v) is 2.14. The summed E-state index contributed by atoms with van der Waals surface area (Å²) in [6, 6.07) is 9.13. The molecule has 0 spiro atoms. The number of rotatable bonds is 4. The molecule has 2 rings (SSSR count). The summed E-state index contributed by atoms with van der Waals surface area (Å²) in [5.74, 6) is 0.00486. The van der Waals surface area contributed by atoms with Gasteiger partial charge in [0, 0.05) is 5.39 Å². The minimum Gasteiger partial charge on any atom is -0.497 e. The van der Waals surface area contributed by atoms with Crippen LogP contribution in [0.4, 0.5) is 0 Å². The molecule has 0 aliphatic carbocycles. The number of benzene rings is 2. The largest absolute Gasteiger partial charge is 0.497 e. The Kier molecular flexibility index (Phi) is 3.60. The Morgan fingerprint density at radius 3 is 2.42 bits per heavy atom. The van der Waals surface area contributed by atoms with Crippen LogP contribution in [0.3, 0.4) is 0 Å². The van der Waals surface area contributed by atoms with Crippen LogP contribution in [-0.4, -0.2) is 25.3 Å². The van der Waals surface area contributed by atoms with Gasteiger partial charge < -0.3 is 14.6 Å². The number of hydrogen-bond acceptors (Lipinski definition) is 3. The average Bonchev–Trinajstić information content (AvgIpc) is 2.44. The summed E-state index contributed by atoms with van der Waals surface area (Å²) in [5, 5.41) is 10.9. The number of aliphatic carboxylic acids is 1. The maximum atomic E-state index is 11.2. The lowest BCUT2D eigenvalue weighted by molar-refractivity contribution is -0.138. The minimum absolute atomic E-state index is 0.568. The lowest BCUT2D eigenvalue weighted by Crippen LogP contribution is -2.08. The van der Waals surface area contributed by atoms with Crippen LogP contribution in [0.1, 0.15) is 18.4 Å². The summed E-state index contributed by atoms with van der Waals surface area (Å²) in [6.07, 6.45) is 0. The maximum absolute atomic E-state index is 11.2. The van der Waals surface area contributed by atoms with Crippen LogP contribution >= 0.6 is 0 Å². The zero-order valence-corrected chi connectivity index (χ0v) is 11.1. The molecule has 0 heterocycles. The van der Waals surface area contributed by atoms with Crippen molar-refractivity contribution in [3.8, 4) is 11.5 Å². The van der Waals surface area contributed by atoms with Crippen molar-refractivity contribution >= 4 is 16.7 Å². The Bertz CT molecular complexity index is 619. The molecule has 4 nitrogen and oxygen atoms in total. The van der Waals surface area contributed by atoms with E-state index in [-0.39, 0.29) is 0 Å². The third-order valence-corrected chi connectivity index (χ3v) is 3.27. The lowest BCUT2D eigenvalue weighted by atomic mass is 9.94. The van der Waals surface area contributed by atoms with Crippen molar-refractivity contribution in [3.05, 3.63) is 35.9 Å². The Balaban J connectivity index is 2.72. The first-order valence-corrected chi connectivity index (χ1v) is 5.96. The van der Waals surface area contributed by atoms with Gasteiger partial charge in [-0.15, -0.1) is 0 Å². The van der Waals surface area contributed by atoms with Crippen LogP contribution < -0.4 is 9.47 Å². The van der Waals surface area contributed by atoms with Crippen molar-refractivity contribution in [1.82, 2.24) is 0 Å². The normalized spacial score (nSPS) is 12.2. The Morgan fingerprint density at radius 2 is 1.84 bits per heavy atom. The number of ether oxygens (including phenoxy) is 2. The third kappa shape index (κ3) is 2.34. The molecule has 0 aliphatic rings. The van der Waals surface area contributed by atoms with Crippen LogP contribution in [0, 0.1) is 0 Å². The second-order valence-corrected chi connectivity index (χ2v) is 4.33. The number of fused-ring (bicyclic) bond motifs is 1. The lowest BCUT2D eigenvalue weighted by Gasteiger charge is -2.14. The molecule has 19 heavy (non-hydrogen) atoms. The van der Waals surface area contributed by atoms with Gasteiger partial charge >= 0.3 is 5.97 Å². The van der Waals surface area contributed by atoms with Gasteiger partial charge in [0.1, 0.15) is 11.5 Å². The minimum atomic E-state index is -0.845. The molecule has 1 N–H and O–H groups in total. The highest BCUT2D eigenvalue weighted by Crippen LogP contribution is 2.34. The van der Waals surface area contributed by atoms with Crippen molar-refractivity contribution in [2.45, 2.75) is 12.8 Å². The van der Waals surface area contributed by atoms with E-state index in [1.54, 1.807) is 33.3 Å². The molecule has 0 saturated heterocycles. The van der Waals surface area contributed by atoms with E-state index in [9.17, 15) is 4.79 Å². The van der Waals surface area contributed by atoms with Crippen molar-refractivity contribution < 1.29 is 19.4 Å². The highest BCUT2D eigenvalue weighted by Gasteiger charge is 2.18. The molecule has 0 radical (unpaired) electrons. The molecule has 0 amide bonds. The number of hydrogen-bond donors (Lipinski definition) is 1. The summed E-state index contributed by atoms with van der Waals surface area (Å²) in [5.41, 5.74) is 0.769. The van der Waals surface area contributed by atoms with E-state index >= 15 is 0 Å². The van der Waals surface area contributed by atoms with Gasteiger partial charge in [0.25, 0.3) is 0 Å². The Morgan fingerprint density at radius 1 is 1.11 bits per heavy atom. The van der Waals surface area contributed by atoms with Gasteiger partial charge in [0.15, 0.2) is 0 Å². The zero-order chi connectivity index (χ0) is 14.0. The summed E-state index contributed by atoms with van der Waals surface area (Å²) in [6.45, 7) is 1.67. The molecule has 0 saturated carbocycles. The van der Waals surface area contributed by atoms with Crippen molar-refractivity contribution in [1.29, 1.82) is 0 Å². The van der Waals surface area contributed by atoms with Crippen molar-refractivity contribution in [2.24, 2.45) is 0 Å². The van der Waals surface area contributed by atoms with Gasteiger partial charge in [-0.1, -0.05) is 12.1 Å². The van der Waals surface area contributed by atoms with Gasteiger partial charge in [-0.05, 0) is 36.1 Å². The first-order valence-electron chi connectivity index (χ1n) is 5.96. The third-order valence-electron chi connectivity index (χ3n) is 3.27. The van der Waals surface area contributed by atoms with Crippen LogP contribution in [0.25, 0.3) is 10.8 Å². The summed E-state index contributed by atoms with van der Waals surface area (Å²) in [4.78, 5) is 11.2. The van der Waals surface area contributed by atoms with Gasteiger partial charge in [0.2, 0.25) is 0 Å². The summed E-state index contributed by atoms with van der Waals surface area (Å²) < 4.78 is 10.5. The van der Waals surface area contributed by atoms with Crippen LogP contribution in [0.2, 0.25) is 0 Å². The summed E-state index contributed by atoms with van der Waals surface area (Å²) >= 11 is 0. The van der Waals surface area contributed by atoms with Gasteiger partial charge in [-0.25, -0.2) is 0 Å². The molecule has 0 aliphatic heterocycles. The molecule has 4 heteroatoms. The van der Waals surface area contributed by atoms with E-state index in [1.165, 1.54) is 0 Å². The topological polar surface area (TPSA) is 55.8 Å². The summed E-state index contributed by atoms with van der Waals surface area (Å²) in [7, 11) is 3.19. The molecule has 0 aromatic heterocycles. The van der Waals surface area contributed by atoms with Crippen LogP contribution in [0.15, 0.2) is 30.3 Å². The highest BCUT2D eigenvalue weighted by molar-refractivity contribution is 5.95. The van der Waals surface area contributed by atoms with Crippen molar-refractivity contribution in [2.75, 3.05) is 14.2 Å². The Hall–Kier alpha value is -2.23. The fraction of sp³-hybridized carbons (Fsp3) is 0.267. The number of methoxy groups -OCH3 is 2. The van der Waals surface area contributed by atoms with Gasteiger partial charge in [0.05, 0.1) is 20.1 Å². The monoisotopic (exact) mass is 260 g/mol. The van der Waals surface area contributed by atoms with Crippen LogP contribution in [0.5, 0.6) is 11.5 Å². The molecular formula is C15H16O4. The van der Waals surface area contributed by atoms with Crippen LogP contribution in [-0.2, 0) is 4.79 Å². The first kappa shape index (κ1) is 13.2. The molecule has 1 unspecified atom stereocenters. The number of carbonyl (C=O) groups is 1. The van der Waals surface area contributed by atoms with E-state index in [0.717, 1.165) is 16.3 Å². The average molecular weight is 260 g/mol. The van der Waals surface area contributed by atoms with Crippen molar-refractivity contribution in [3.63, 3.8) is 0 Å². The highest BCUT2D eigenvalue weighted by atomic mass is 16.5. The SMILES string of the molecule is COc1ccc2c(C(C)C(=O)O)ccc(OC)c2c1. The van der Waals surface area contributed by atoms with Gasteiger partial charge in [-0.2, -0.15) is 0 Å². The van der Waals surface area contributed by atoms with E-state index in [2.05, 4.69) is 0 Å². The molecule has 0 bridgehead atoms. The fourth-order valence-electron chi connectivity index (χ4n) is 2.14. The molecule has 2 aromatic rings. The molecule has 0 fully saturated rings. The van der Waals surface area contributed by atoms with E-state index in [4.69, 9.17) is 14.6 Å². The maximum Gasteiger partial charge on any atom is 0.310 e. The second-order valence-electron chi connectivity index (χ2n) is 4.33. The smallest absolute Gasteiger partial charge is 0.310 e. The van der Waals surface area contributed by atoms with E-state index in [1.807, 2.05) is 18.2 Å². The molecule has 1 atom stereocenters. The number of carboxylic acid groups (broad SMARTS) is 1. The standard InChI is InChI=1S/C15H16O4/c1-9(15(16)17)11-6-7-14(19-3)13-8-10(18-2)4-5-12(11)13/h4-9H,1-3H3,(H,16,17). The predicted molar refractivity (Wildman–Crippen MR) is 73.1 cm³/mol. The zero-order valence-electron chi connectivity index (χ0n) is 11.1. The van der Waals surface area contributed by atoms with E-state index < -0.39 is 11.9 Å². The molecular weight excluding hydrogens is 244 g/mol. The second kappa shape index (κ2) is 5.18. The van der Waals surface area contributed by atoms with Gasteiger partial charge in [-0.3, -0.25) is 4.79 Å². The number of carboxylic acids is 1. The molecule has 100 valence electrons. The molecule has 2 aromatic carbocycles. The predicted octanol–water partition coefficient (Wildman–Crippen LogP) is 3.05. The van der Waals surface area contributed by atoms with E-state index in [0.29, 0.717) is 11.5 Å². The quantitative estimate of drug-likeness (QED) is 0.918.